The molecule has 2 aromatic rings. The summed E-state index contributed by atoms with van der Waals surface area (Å²) >= 11 is 0. The smallest absolute Gasteiger partial charge is 0.412 e. The maximum absolute atomic E-state index is 12.2. The first-order chi connectivity index (χ1) is 12.1. The zero-order valence-corrected chi connectivity index (χ0v) is 14.6. The fourth-order valence-electron chi connectivity index (χ4n) is 2.02. The molecule has 8 heteroatoms. The summed E-state index contributed by atoms with van der Waals surface area (Å²) in [6.07, 6.45) is -0.578. The van der Waals surface area contributed by atoms with E-state index in [-0.39, 0.29) is 11.3 Å². The summed E-state index contributed by atoms with van der Waals surface area (Å²) in [5, 5.41) is 16.0. The van der Waals surface area contributed by atoms with Gasteiger partial charge in [-0.05, 0) is 51.1 Å². The van der Waals surface area contributed by atoms with E-state index in [1.54, 1.807) is 45.0 Å². The molecule has 26 heavy (non-hydrogen) atoms. The Morgan fingerprint density at radius 2 is 1.58 bits per heavy atom. The second-order valence-electron chi connectivity index (χ2n) is 6.47. The summed E-state index contributed by atoms with van der Waals surface area (Å²) in [5.74, 6) is -0.471. The second-order valence-corrected chi connectivity index (χ2v) is 6.47. The quantitative estimate of drug-likeness (QED) is 0.629. The molecule has 0 bridgehead atoms. The molecule has 2 N–H and O–H groups in total. The predicted molar refractivity (Wildman–Crippen MR) is 97.3 cm³/mol. The minimum absolute atomic E-state index is 0.158. The summed E-state index contributed by atoms with van der Waals surface area (Å²) in [7, 11) is 0. The molecule has 0 saturated heterocycles. The lowest BCUT2D eigenvalue weighted by Gasteiger charge is -2.19. The Morgan fingerprint density at radius 1 is 1.00 bits per heavy atom. The minimum atomic E-state index is -0.601. The maximum atomic E-state index is 12.2. The highest BCUT2D eigenvalue weighted by Gasteiger charge is 2.16. The summed E-state index contributed by atoms with van der Waals surface area (Å²) in [6.45, 7) is 5.29. The Hall–Kier alpha value is -3.42. The highest BCUT2D eigenvalue weighted by molar-refractivity contribution is 6.04. The van der Waals surface area contributed by atoms with E-state index >= 15 is 0 Å². The summed E-state index contributed by atoms with van der Waals surface area (Å²) in [6, 6.07) is 11.9. The number of amides is 2. The lowest BCUT2D eigenvalue weighted by molar-refractivity contribution is -0.384. The van der Waals surface area contributed by atoms with E-state index < -0.39 is 22.5 Å². The number of carbonyl (C=O) groups is 2. The molecule has 0 aliphatic heterocycles. The van der Waals surface area contributed by atoms with Crippen LogP contribution in [0.25, 0.3) is 0 Å². The molecule has 2 rings (SSSR count). The van der Waals surface area contributed by atoms with Crippen molar-refractivity contribution in [2.75, 3.05) is 10.6 Å². The fraction of sp³-hybridized carbons (Fsp3) is 0.222. The first-order valence-electron chi connectivity index (χ1n) is 7.80. The Kier molecular flexibility index (Phi) is 5.56. The van der Waals surface area contributed by atoms with Crippen LogP contribution in [0.4, 0.5) is 21.9 Å². The number of nitro groups is 1. The SMILES string of the molecule is CC(C)(C)OC(=O)Nc1ccc(NC(=O)c2cccc([N+](=O)[O-])c2)cc1. The molecule has 0 heterocycles. The van der Waals surface area contributed by atoms with Gasteiger partial charge < -0.3 is 10.1 Å². The van der Waals surface area contributed by atoms with Crippen molar-refractivity contribution in [3.05, 3.63) is 64.2 Å². The van der Waals surface area contributed by atoms with Gasteiger partial charge in [0.1, 0.15) is 5.60 Å². The number of hydrogen-bond acceptors (Lipinski definition) is 5. The third-order valence-electron chi connectivity index (χ3n) is 3.11. The number of rotatable bonds is 4. The van der Waals surface area contributed by atoms with Crippen LogP contribution >= 0.6 is 0 Å². The summed E-state index contributed by atoms with van der Waals surface area (Å²) in [4.78, 5) is 34.1. The Morgan fingerprint density at radius 3 is 2.12 bits per heavy atom. The van der Waals surface area contributed by atoms with Gasteiger partial charge in [0, 0.05) is 29.1 Å². The molecule has 0 unspecified atom stereocenters. The molecule has 0 aliphatic rings. The standard InChI is InChI=1S/C18H19N3O5/c1-18(2,3)26-17(23)20-14-9-7-13(8-10-14)19-16(22)12-5-4-6-15(11-12)21(24)25/h4-11H,1-3H3,(H,19,22)(H,20,23). The van der Waals surface area contributed by atoms with E-state index in [9.17, 15) is 19.7 Å². The van der Waals surface area contributed by atoms with Crippen molar-refractivity contribution >= 4 is 29.1 Å². The summed E-state index contributed by atoms with van der Waals surface area (Å²) < 4.78 is 5.15. The van der Waals surface area contributed by atoms with Crippen LogP contribution in [0.15, 0.2) is 48.5 Å². The molecular formula is C18H19N3O5. The Balaban J connectivity index is 2.00. The Labute approximate surface area is 150 Å². The molecule has 0 aliphatic carbocycles. The second kappa shape index (κ2) is 7.64. The monoisotopic (exact) mass is 357 g/mol. The molecule has 0 atom stereocenters. The lowest BCUT2D eigenvalue weighted by atomic mass is 10.2. The number of nitro benzene ring substituents is 1. The predicted octanol–water partition coefficient (Wildman–Crippen LogP) is 4.19. The minimum Gasteiger partial charge on any atom is -0.444 e. The first-order valence-corrected chi connectivity index (χ1v) is 7.80. The topological polar surface area (TPSA) is 111 Å². The van der Waals surface area contributed by atoms with Crippen molar-refractivity contribution in [1.82, 2.24) is 0 Å². The number of ether oxygens (including phenoxy) is 1. The van der Waals surface area contributed by atoms with Crippen molar-refractivity contribution in [2.24, 2.45) is 0 Å². The average molecular weight is 357 g/mol. The van der Waals surface area contributed by atoms with Crippen LogP contribution < -0.4 is 10.6 Å². The molecule has 0 radical (unpaired) electrons. The van der Waals surface area contributed by atoms with Gasteiger partial charge in [0.05, 0.1) is 4.92 Å². The number of anilines is 2. The third-order valence-corrected chi connectivity index (χ3v) is 3.11. The van der Waals surface area contributed by atoms with Gasteiger partial charge in [0.15, 0.2) is 0 Å². The van der Waals surface area contributed by atoms with Gasteiger partial charge in [-0.2, -0.15) is 0 Å². The molecular weight excluding hydrogens is 338 g/mol. The highest BCUT2D eigenvalue weighted by atomic mass is 16.6. The average Bonchev–Trinajstić information content (AvgIpc) is 2.55. The van der Waals surface area contributed by atoms with Gasteiger partial charge in [-0.25, -0.2) is 4.79 Å². The highest BCUT2D eigenvalue weighted by Crippen LogP contribution is 2.18. The van der Waals surface area contributed by atoms with E-state index in [4.69, 9.17) is 4.74 Å². The van der Waals surface area contributed by atoms with Crippen LogP contribution in [0, 0.1) is 10.1 Å². The number of benzene rings is 2. The molecule has 2 amide bonds. The zero-order chi connectivity index (χ0) is 19.3. The van der Waals surface area contributed by atoms with Crippen molar-refractivity contribution in [1.29, 1.82) is 0 Å². The molecule has 0 saturated carbocycles. The fourth-order valence-corrected chi connectivity index (χ4v) is 2.02. The molecule has 136 valence electrons. The van der Waals surface area contributed by atoms with Crippen LogP contribution in [-0.4, -0.2) is 22.5 Å². The third kappa shape index (κ3) is 5.59. The number of carbonyl (C=O) groups excluding carboxylic acids is 2. The lowest BCUT2D eigenvalue weighted by Crippen LogP contribution is -2.27. The van der Waals surface area contributed by atoms with Crippen molar-refractivity contribution in [3.8, 4) is 0 Å². The molecule has 0 fully saturated rings. The molecule has 0 aromatic heterocycles. The number of nitrogens with zero attached hydrogens (tertiary/aromatic N) is 1. The van der Waals surface area contributed by atoms with E-state index in [2.05, 4.69) is 10.6 Å². The molecule has 0 spiro atoms. The van der Waals surface area contributed by atoms with Gasteiger partial charge >= 0.3 is 6.09 Å². The van der Waals surface area contributed by atoms with Crippen LogP contribution in [0.1, 0.15) is 31.1 Å². The Bertz CT molecular complexity index is 825. The normalized spacial score (nSPS) is 10.7. The largest absolute Gasteiger partial charge is 0.444 e. The van der Waals surface area contributed by atoms with Crippen LogP contribution in [0.5, 0.6) is 0 Å². The van der Waals surface area contributed by atoms with Gasteiger partial charge in [0.25, 0.3) is 11.6 Å². The van der Waals surface area contributed by atoms with E-state index in [1.807, 2.05) is 0 Å². The van der Waals surface area contributed by atoms with Crippen molar-refractivity contribution < 1.29 is 19.2 Å². The van der Waals surface area contributed by atoms with Crippen LogP contribution in [0.3, 0.4) is 0 Å². The number of hydrogen-bond donors (Lipinski definition) is 2. The van der Waals surface area contributed by atoms with Gasteiger partial charge in [-0.1, -0.05) is 6.07 Å². The van der Waals surface area contributed by atoms with E-state index in [0.29, 0.717) is 11.4 Å². The van der Waals surface area contributed by atoms with Crippen molar-refractivity contribution in [2.45, 2.75) is 26.4 Å². The van der Waals surface area contributed by atoms with Crippen LogP contribution in [0.2, 0.25) is 0 Å². The van der Waals surface area contributed by atoms with Crippen LogP contribution in [-0.2, 0) is 4.74 Å². The van der Waals surface area contributed by atoms with Gasteiger partial charge in [-0.15, -0.1) is 0 Å². The first kappa shape index (κ1) is 18.9. The van der Waals surface area contributed by atoms with Gasteiger partial charge in [-0.3, -0.25) is 20.2 Å². The summed E-state index contributed by atoms with van der Waals surface area (Å²) in [5.41, 5.74) is 0.407. The van der Waals surface area contributed by atoms with Gasteiger partial charge in [0.2, 0.25) is 0 Å². The number of non-ortho nitro benzene ring substituents is 1. The molecule has 8 nitrogen and oxygen atoms in total. The number of nitrogens with one attached hydrogen (secondary N) is 2. The zero-order valence-electron chi connectivity index (χ0n) is 14.6. The van der Waals surface area contributed by atoms with E-state index in [1.165, 1.54) is 24.3 Å². The molecule has 2 aromatic carbocycles. The van der Waals surface area contributed by atoms with Crippen molar-refractivity contribution in [3.63, 3.8) is 0 Å². The van der Waals surface area contributed by atoms with E-state index in [0.717, 1.165) is 0 Å². The maximum Gasteiger partial charge on any atom is 0.412 e.